The van der Waals surface area contributed by atoms with E-state index in [4.69, 9.17) is 11.6 Å². The molecule has 1 atom stereocenters. The van der Waals surface area contributed by atoms with Crippen LogP contribution in [0.2, 0.25) is 5.02 Å². The molecular formula is C24H30ClN5O3. The molecule has 2 N–H and O–H groups in total. The number of fused-ring (bicyclic) bond motifs is 1. The number of hydrogen-bond acceptors (Lipinski definition) is 4. The van der Waals surface area contributed by atoms with Gasteiger partial charge in [-0.3, -0.25) is 19.1 Å². The van der Waals surface area contributed by atoms with Crippen LogP contribution in [0, 0.1) is 0 Å². The van der Waals surface area contributed by atoms with Crippen molar-refractivity contribution < 1.29 is 14.4 Å². The average Bonchev–Trinajstić information content (AvgIpc) is 3.45. The number of hydrogen-bond donors (Lipinski definition) is 2. The molecule has 1 aliphatic carbocycles. The Hall–Kier alpha value is -2.87. The number of aromatic nitrogens is 2. The Bertz CT molecular complexity index is 1060. The summed E-state index contributed by atoms with van der Waals surface area (Å²) in [6, 6.07) is 8.55. The molecule has 1 saturated carbocycles. The molecule has 176 valence electrons. The van der Waals surface area contributed by atoms with Crippen LogP contribution < -0.4 is 10.6 Å². The van der Waals surface area contributed by atoms with E-state index in [0.29, 0.717) is 22.9 Å². The first-order valence-electron chi connectivity index (χ1n) is 11.6. The quantitative estimate of drug-likeness (QED) is 0.640. The van der Waals surface area contributed by atoms with Crippen molar-refractivity contribution in [1.29, 1.82) is 0 Å². The number of nitrogens with one attached hydrogen (secondary N) is 2. The molecule has 9 heteroatoms. The molecule has 1 unspecified atom stereocenters. The lowest BCUT2D eigenvalue weighted by Gasteiger charge is -2.43. The number of amides is 3. The van der Waals surface area contributed by atoms with Gasteiger partial charge < -0.3 is 15.5 Å². The van der Waals surface area contributed by atoms with Gasteiger partial charge in [-0.2, -0.15) is 5.10 Å². The average molecular weight is 472 g/mol. The van der Waals surface area contributed by atoms with Crippen LogP contribution in [0.5, 0.6) is 0 Å². The standard InChI is InChI=1S/C24H30ClN5O3/c1-3-4-13-29-22(32)20-14-19(21(31)27-18-12-8-7-11-17(18)25)28-30(20)15-24(29,2)23(33)26-16-9-5-6-10-16/h7-8,11-12,14,16H,3-6,9-10,13,15H2,1-2H3,(H,26,33)(H,27,31). The monoisotopic (exact) mass is 471 g/mol. The van der Waals surface area contributed by atoms with Crippen LogP contribution in [0.1, 0.15) is 73.3 Å². The first-order valence-corrected chi connectivity index (χ1v) is 12.0. The van der Waals surface area contributed by atoms with Gasteiger partial charge in [-0.05, 0) is 38.3 Å². The minimum atomic E-state index is -1.08. The summed E-state index contributed by atoms with van der Waals surface area (Å²) in [4.78, 5) is 41.3. The third-order valence-corrected chi connectivity index (χ3v) is 6.90. The molecule has 2 aromatic rings. The van der Waals surface area contributed by atoms with Crippen LogP contribution in [-0.2, 0) is 11.3 Å². The predicted molar refractivity (Wildman–Crippen MR) is 126 cm³/mol. The fourth-order valence-electron chi connectivity index (χ4n) is 4.58. The number of halogens is 1. The smallest absolute Gasteiger partial charge is 0.276 e. The third-order valence-electron chi connectivity index (χ3n) is 6.57. The summed E-state index contributed by atoms with van der Waals surface area (Å²) < 4.78 is 1.49. The largest absolute Gasteiger partial charge is 0.351 e. The van der Waals surface area contributed by atoms with Gasteiger partial charge in [-0.25, -0.2) is 0 Å². The molecular weight excluding hydrogens is 442 g/mol. The highest BCUT2D eigenvalue weighted by molar-refractivity contribution is 6.33. The molecule has 1 aromatic carbocycles. The number of benzene rings is 1. The van der Waals surface area contributed by atoms with E-state index in [1.807, 2.05) is 6.92 Å². The maximum atomic E-state index is 13.5. The van der Waals surface area contributed by atoms with Crippen molar-refractivity contribution >= 4 is 35.0 Å². The SMILES string of the molecule is CCCCN1C(=O)c2cc(C(=O)Nc3ccccc3Cl)nn2CC1(C)C(=O)NC1CCCC1. The summed E-state index contributed by atoms with van der Waals surface area (Å²) in [6.45, 7) is 4.50. The number of anilines is 1. The molecule has 0 bridgehead atoms. The number of nitrogens with zero attached hydrogens (tertiary/aromatic N) is 3. The number of rotatable bonds is 7. The lowest BCUT2D eigenvalue weighted by molar-refractivity contribution is -0.133. The summed E-state index contributed by atoms with van der Waals surface area (Å²) in [7, 11) is 0. The fourth-order valence-corrected chi connectivity index (χ4v) is 4.76. The normalized spacial score (nSPS) is 20.6. The predicted octanol–water partition coefficient (Wildman–Crippen LogP) is 3.86. The second kappa shape index (κ2) is 9.55. The minimum Gasteiger partial charge on any atom is -0.351 e. The molecule has 2 heterocycles. The van der Waals surface area contributed by atoms with Crippen LogP contribution in [0.15, 0.2) is 30.3 Å². The Morgan fingerprint density at radius 3 is 2.67 bits per heavy atom. The highest BCUT2D eigenvalue weighted by Gasteiger charge is 2.48. The number of carbonyl (C=O) groups excluding carboxylic acids is 3. The van der Waals surface area contributed by atoms with Crippen molar-refractivity contribution in [3.8, 4) is 0 Å². The van der Waals surface area contributed by atoms with Gasteiger partial charge in [0.15, 0.2) is 5.69 Å². The maximum absolute atomic E-state index is 13.5. The van der Waals surface area contributed by atoms with E-state index in [1.165, 1.54) is 10.7 Å². The Kier molecular flexibility index (Phi) is 6.74. The van der Waals surface area contributed by atoms with E-state index in [-0.39, 0.29) is 30.1 Å². The summed E-state index contributed by atoms with van der Waals surface area (Å²) >= 11 is 6.14. The van der Waals surface area contributed by atoms with Crippen LogP contribution >= 0.6 is 11.6 Å². The van der Waals surface area contributed by atoms with Crippen molar-refractivity contribution in [3.05, 3.63) is 46.7 Å². The Morgan fingerprint density at radius 2 is 1.97 bits per heavy atom. The first-order chi connectivity index (χ1) is 15.8. The molecule has 33 heavy (non-hydrogen) atoms. The van der Waals surface area contributed by atoms with E-state index in [2.05, 4.69) is 15.7 Å². The number of carbonyl (C=O) groups is 3. The molecule has 1 aromatic heterocycles. The summed E-state index contributed by atoms with van der Waals surface area (Å²) in [5, 5.41) is 10.7. The molecule has 0 saturated heterocycles. The molecule has 1 aliphatic heterocycles. The van der Waals surface area contributed by atoms with E-state index < -0.39 is 11.4 Å². The van der Waals surface area contributed by atoms with Gasteiger partial charge in [-0.1, -0.05) is 49.9 Å². The molecule has 4 rings (SSSR count). The van der Waals surface area contributed by atoms with Gasteiger partial charge in [0.2, 0.25) is 5.91 Å². The Balaban J connectivity index is 1.61. The Morgan fingerprint density at radius 1 is 1.24 bits per heavy atom. The maximum Gasteiger partial charge on any atom is 0.276 e. The highest BCUT2D eigenvalue weighted by Crippen LogP contribution is 2.30. The van der Waals surface area contributed by atoms with Crippen LogP contribution in [-0.4, -0.2) is 50.5 Å². The van der Waals surface area contributed by atoms with Crippen molar-refractivity contribution in [1.82, 2.24) is 20.0 Å². The van der Waals surface area contributed by atoms with Gasteiger partial charge in [-0.15, -0.1) is 0 Å². The van der Waals surface area contributed by atoms with Gasteiger partial charge in [0.1, 0.15) is 11.2 Å². The third kappa shape index (κ3) is 4.62. The van der Waals surface area contributed by atoms with Crippen molar-refractivity contribution in [2.24, 2.45) is 0 Å². The molecule has 2 aliphatic rings. The highest BCUT2D eigenvalue weighted by atomic mass is 35.5. The van der Waals surface area contributed by atoms with Crippen molar-refractivity contribution in [3.63, 3.8) is 0 Å². The van der Waals surface area contributed by atoms with E-state index >= 15 is 0 Å². The van der Waals surface area contributed by atoms with Gasteiger partial charge >= 0.3 is 0 Å². The van der Waals surface area contributed by atoms with E-state index in [0.717, 1.165) is 38.5 Å². The van der Waals surface area contributed by atoms with Crippen molar-refractivity contribution in [2.45, 2.75) is 70.5 Å². The van der Waals surface area contributed by atoms with E-state index in [9.17, 15) is 14.4 Å². The molecule has 1 fully saturated rings. The molecule has 0 radical (unpaired) electrons. The number of para-hydroxylation sites is 1. The zero-order valence-corrected chi connectivity index (χ0v) is 19.8. The first kappa shape index (κ1) is 23.3. The fraction of sp³-hybridized carbons (Fsp3) is 0.500. The number of unbranched alkanes of at least 4 members (excludes halogenated alkanes) is 1. The lowest BCUT2D eigenvalue weighted by atomic mass is 9.94. The second-order valence-corrected chi connectivity index (χ2v) is 9.45. The second-order valence-electron chi connectivity index (χ2n) is 9.05. The summed E-state index contributed by atoms with van der Waals surface area (Å²) in [6.07, 6.45) is 5.82. The van der Waals surface area contributed by atoms with Gasteiger partial charge in [0.05, 0.1) is 17.3 Å². The summed E-state index contributed by atoms with van der Waals surface area (Å²) in [5.74, 6) is -0.917. The van der Waals surface area contributed by atoms with Crippen molar-refractivity contribution in [2.75, 3.05) is 11.9 Å². The Labute approximate surface area is 198 Å². The molecule has 0 spiro atoms. The zero-order chi connectivity index (χ0) is 23.6. The zero-order valence-electron chi connectivity index (χ0n) is 19.1. The van der Waals surface area contributed by atoms with Crippen LogP contribution in [0.4, 0.5) is 5.69 Å². The minimum absolute atomic E-state index is 0.106. The molecule has 3 amide bonds. The van der Waals surface area contributed by atoms with Gasteiger partial charge in [0.25, 0.3) is 11.8 Å². The lowest BCUT2D eigenvalue weighted by Crippen LogP contribution is -2.65. The van der Waals surface area contributed by atoms with Crippen LogP contribution in [0.3, 0.4) is 0 Å². The molecule has 8 nitrogen and oxygen atoms in total. The van der Waals surface area contributed by atoms with Crippen LogP contribution in [0.25, 0.3) is 0 Å². The topological polar surface area (TPSA) is 96.3 Å². The summed E-state index contributed by atoms with van der Waals surface area (Å²) in [5.41, 5.74) is -0.202. The van der Waals surface area contributed by atoms with E-state index in [1.54, 1.807) is 36.1 Å². The van der Waals surface area contributed by atoms with Gasteiger partial charge in [0, 0.05) is 18.7 Å².